The molecule has 1 aromatic heterocycles. The molecule has 0 radical (unpaired) electrons. The molecule has 0 spiro atoms. The summed E-state index contributed by atoms with van der Waals surface area (Å²) < 4.78 is 25.5. The lowest BCUT2D eigenvalue weighted by atomic mass is 9.70. The lowest BCUT2D eigenvalue weighted by Crippen LogP contribution is -2.34. The molecule has 6 heteroatoms. The molecule has 2 aliphatic heterocycles. The molecule has 8 aromatic rings. The molecule has 7 aromatic carbocycles. The SMILES string of the molecule is CCCCCCCCC1(CCCCCCCC)c2cc(-c3ccc(/C=C/c4sc(-c5ccc(/C=C/c6ccc(N(c7ccccc7)c7ccccc7)cc6)cc5)c5c4OCCO5)cc3)ccc2-c2ccc(C3OCC(C)(C)CO3)cc21. The Labute approximate surface area is 487 Å². The van der Waals surface area contributed by atoms with E-state index in [0.717, 1.165) is 79.0 Å². The molecule has 416 valence electrons. The minimum absolute atomic E-state index is 0.0213. The summed E-state index contributed by atoms with van der Waals surface area (Å²) in [5.41, 5.74) is 17.3. The van der Waals surface area contributed by atoms with E-state index in [2.05, 4.69) is 227 Å². The third-order valence-corrected chi connectivity index (χ3v) is 17.9. The van der Waals surface area contributed by atoms with E-state index < -0.39 is 0 Å². The van der Waals surface area contributed by atoms with Gasteiger partial charge in [-0.05, 0) is 123 Å². The molecule has 0 atom stereocenters. The third-order valence-electron chi connectivity index (χ3n) is 16.7. The number of thiophene rings is 1. The normalized spacial score (nSPS) is 15.3. The predicted molar refractivity (Wildman–Crippen MR) is 342 cm³/mol. The topological polar surface area (TPSA) is 40.2 Å². The number of nitrogens with zero attached hydrogens (tertiary/aromatic N) is 1. The standard InChI is InChI=1S/C75H81NO4S/c1-5-7-9-11-13-21-47-75(48-22-14-12-10-8-6-2)67-51-60(40-44-65(67)66-45-41-61(52-68(66)75)73-79-53-74(3,4)54-80-73)58-36-29-57(30-37-58)35-46-69-70-71(78-50-49-77-70)72(81-69)59-38-31-55(32-39-59)27-28-56-33-42-64(43-34-56)76(62-23-17-15-18-24-62)63-25-19-16-20-26-63/h15-20,23-46,51-52,73H,5-14,21-22,47-50,53-54H2,1-4H3/b28-27+,46-35+. The van der Waals surface area contributed by atoms with E-state index in [9.17, 15) is 0 Å². The molecule has 0 unspecified atom stereocenters. The van der Waals surface area contributed by atoms with Crippen LogP contribution in [-0.4, -0.2) is 26.4 Å². The van der Waals surface area contributed by atoms with E-state index >= 15 is 0 Å². The van der Waals surface area contributed by atoms with Crippen molar-refractivity contribution >= 4 is 52.7 Å². The van der Waals surface area contributed by atoms with Crippen LogP contribution in [0, 0.1) is 5.41 Å². The van der Waals surface area contributed by atoms with Gasteiger partial charge < -0.3 is 23.8 Å². The van der Waals surface area contributed by atoms with E-state index in [1.165, 1.54) is 110 Å². The van der Waals surface area contributed by atoms with Crippen LogP contribution in [0.5, 0.6) is 11.5 Å². The first-order valence-corrected chi connectivity index (χ1v) is 31.1. The van der Waals surface area contributed by atoms with E-state index in [1.807, 2.05) is 0 Å². The molecule has 3 aliphatic rings. The maximum absolute atomic E-state index is 6.43. The first-order chi connectivity index (χ1) is 39.8. The Kier molecular flexibility index (Phi) is 18.2. The van der Waals surface area contributed by atoms with Crippen LogP contribution in [-0.2, 0) is 14.9 Å². The minimum Gasteiger partial charge on any atom is -0.485 e. The van der Waals surface area contributed by atoms with Gasteiger partial charge in [0.1, 0.15) is 13.2 Å². The van der Waals surface area contributed by atoms with Crippen LogP contribution in [0.25, 0.3) is 57.0 Å². The van der Waals surface area contributed by atoms with Gasteiger partial charge in [-0.3, -0.25) is 0 Å². The summed E-state index contributed by atoms with van der Waals surface area (Å²) in [5.74, 6) is 1.67. The number of hydrogen-bond donors (Lipinski definition) is 0. The number of benzene rings is 7. The lowest BCUT2D eigenvalue weighted by Gasteiger charge is -2.36. The largest absolute Gasteiger partial charge is 0.485 e. The molecule has 1 aliphatic carbocycles. The first kappa shape index (κ1) is 55.9. The molecule has 1 fully saturated rings. The van der Waals surface area contributed by atoms with Gasteiger partial charge in [-0.25, -0.2) is 0 Å². The van der Waals surface area contributed by atoms with Gasteiger partial charge in [0.15, 0.2) is 17.8 Å². The van der Waals surface area contributed by atoms with Crippen LogP contribution < -0.4 is 14.4 Å². The smallest absolute Gasteiger partial charge is 0.183 e. The maximum Gasteiger partial charge on any atom is 0.183 e. The monoisotopic (exact) mass is 1090 g/mol. The molecule has 5 nitrogen and oxygen atoms in total. The summed E-state index contributed by atoms with van der Waals surface area (Å²) in [6.45, 7) is 11.5. The van der Waals surface area contributed by atoms with Crippen molar-refractivity contribution in [2.75, 3.05) is 31.3 Å². The van der Waals surface area contributed by atoms with Crippen LogP contribution in [0.4, 0.5) is 17.1 Å². The van der Waals surface area contributed by atoms with Gasteiger partial charge in [0.05, 0.1) is 23.0 Å². The summed E-state index contributed by atoms with van der Waals surface area (Å²) in [4.78, 5) is 4.44. The zero-order chi connectivity index (χ0) is 55.4. The predicted octanol–water partition coefficient (Wildman–Crippen LogP) is 21.5. The summed E-state index contributed by atoms with van der Waals surface area (Å²) in [6.07, 6.45) is 26.3. The van der Waals surface area contributed by atoms with Crippen molar-refractivity contribution in [1.82, 2.24) is 0 Å². The Morgan fingerprint density at radius 2 is 0.938 bits per heavy atom. The Morgan fingerprint density at radius 1 is 0.469 bits per heavy atom. The number of para-hydroxylation sites is 2. The van der Waals surface area contributed by atoms with Crippen LogP contribution in [0.2, 0.25) is 0 Å². The van der Waals surface area contributed by atoms with Crippen molar-refractivity contribution in [2.45, 2.75) is 129 Å². The molecule has 0 saturated carbocycles. The number of anilines is 3. The second kappa shape index (κ2) is 26.3. The van der Waals surface area contributed by atoms with Crippen molar-refractivity contribution in [3.8, 4) is 44.2 Å². The van der Waals surface area contributed by atoms with E-state index in [-0.39, 0.29) is 17.1 Å². The highest BCUT2D eigenvalue weighted by Crippen LogP contribution is 2.56. The Balaban J connectivity index is 0.811. The van der Waals surface area contributed by atoms with Gasteiger partial charge in [-0.15, -0.1) is 11.3 Å². The summed E-state index contributed by atoms with van der Waals surface area (Å²) in [5, 5.41) is 0. The van der Waals surface area contributed by atoms with Gasteiger partial charge >= 0.3 is 0 Å². The van der Waals surface area contributed by atoms with Crippen molar-refractivity contribution < 1.29 is 18.9 Å². The van der Waals surface area contributed by atoms with Crippen molar-refractivity contribution in [3.63, 3.8) is 0 Å². The molecule has 0 N–H and O–H groups in total. The van der Waals surface area contributed by atoms with E-state index in [0.29, 0.717) is 26.4 Å². The molecule has 1 saturated heterocycles. The number of hydrogen-bond acceptors (Lipinski definition) is 6. The molecule has 0 bridgehead atoms. The van der Waals surface area contributed by atoms with E-state index in [1.54, 1.807) is 11.3 Å². The van der Waals surface area contributed by atoms with Crippen LogP contribution >= 0.6 is 11.3 Å². The second-order valence-electron chi connectivity index (χ2n) is 23.5. The number of rotatable bonds is 24. The number of fused-ring (bicyclic) bond motifs is 4. The summed E-state index contributed by atoms with van der Waals surface area (Å²) in [7, 11) is 0. The zero-order valence-corrected chi connectivity index (χ0v) is 49.1. The van der Waals surface area contributed by atoms with Gasteiger partial charge in [-0.1, -0.05) is 244 Å². The van der Waals surface area contributed by atoms with Crippen molar-refractivity contribution in [1.29, 1.82) is 0 Å². The van der Waals surface area contributed by atoms with Gasteiger partial charge in [0.2, 0.25) is 0 Å². The van der Waals surface area contributed by atoms with Crippen LogP contribution in [0.1, 0.15) is 162 Å². The highest BCUT2D eigenvalue weighted by molar-refractivity contribution is 7.17. The average Bonchev–Trinajstić information content (AvgIpc) is 4.25. The van der Waals surface area contributed by atoms with Gasteiger partial charge in [0, 0.05) is 33.5 Å². The third kappa shape index (κ3) is 13.1. The zero-order valence-electron chi connectivity index (χ0n) is 48.3. The summed E-state index contributed by atoms with van der Waals surface area (Å²) >= 11 is 1.73. The molecule has 81 heavy (non-hydrogen) atoms. The van der Waals surface area contributed by atoms with Gasteiger partial charge in [-0.2, -0.15) is 0 Å². The van der Waals surface area contributed by atoms with Crippen LogP contribution in [0.3, 0.4) is 0 Å². The fourth-order valence-electron chi connectivity index (χ4n) is 12.3. The average molecular weight is 1090 g/mol. The summed E-state index contributed by atoms with van der Waals surface area (Å²) in [6, 6.07) is 62.2. The maximum atomic E-state index is 6.43. The fraction of sp³-hybridized carbons (Fsp3) is 0.333. The van der Waals surface area contributed by atoms with Gasteiger partial charge in [0.25, 0.3) is 0 Å². The molecule has 0 amide bonds. The molecule has 3 heterocycles. The lowest BCUT2D eigenvalue weighted by molar-refractivity contribution is -0.226. The Bertz CT molecular complexity index is 3310. The van der Waals surface area contributed by atoms with Crippen LogP contribution in [0.15, 0.2) is 170 Å². The van der Waals surface area contributed by atoms with Crippen molar-refractivity contribution in [2.24, 2.45) is 5.41 Å². The Hall–Kier alpha value is -6.96. The highest BCUT2D eigenvalue weighted by Gasteiger charge is 2.43. The highest BCUT2D eigenvalue weighted by atomic mass is 32.1. The Morgan fingerprint density at radius 3 is 1.52 bits per heavy atom. The quantitative estimate of drug-likeness (QED) is 0.0445. The van der Waals surface area contributed by atoms with Crippen molar-refractivity contribution in [3.05, 3.63) is 208 Å². The number of ether oxygens (including phenoxy) is 4. The molecular weight excluding hydrogens is 1010 g/mol. The first-order valence-electron chi connectivity index (χ1n) is 30.3. The van der Waals surface area contributed by atoms with E-state index in [4.69, 9.17) is 18.9 Å². The number of unbranched alkanes of at least 4 members (excludes halogenated alkanes) is 10. The second-order valence-corrected chi connectivity index (χ2v) is 24.5. The minimum atomic E-state index is -0.328. The fourth-order valence-corrected chi connectivity index (χ4v) is 13.4. The molecule has 11 rings (SSSR count). The molecular formula is C75H81NO4S.